The van der Waals surface area contributed by atoms with E-state index in [1.165, 1.54) is 0 Å². The van der Waals surface area contributed by atoms with Gasteiger partial charge in [0.25, 0.3) is 0 Å². The lowest BCUT2D eigenvalue weighted by Crippen LogP contribution is -2.57. The molecule has 1 aromatic carbocycles. The third-order valence-corrected chi connectivity index (χ3v) is 4.49. The minimum Gasteiger partial charge on any atom is -0.359 e. The molecule has 0 aliphatic carbocycles. The summed E-state index contributed by atoms with van der Waals surface area (Å²) in [5.41, 5.74) is 1.87. The number of nitrogens with zero attached hydrogens (tertiary/aromatic N) is 3. The van der Waals surface area contributed by atoms with Gasteiger partial charge in [-0.25, -0.2) is 0 Å². The van der Waals surface area contributed by atoms with Gasteiger partial charge in [0.1, 0.15) is 12.6 Å². The molecule has 0 radical (unpaired) electrons. The third kappa shape index (κ3) is 3.73. The van der Waals surface area contributed by atoms with Crippen LogP contribution in [0.1, 0.15) is 43.7 Å². The molecule has 25 heavy (non-hydrogen) atoms. The zero-order chi connectivity index (χ0) is 18.0. The fraction of sp³-hybridized carbons (Fsp3) is 0.421. The fourth-order valence-corrected chi connectivity index (χ4v) is 2.95. The minimum atomic E-state index is -0.516. The largest absolute Gasteiger partial charge is 0.359 e. The first-order chi connectivity index (χ1) is 12.0. The van der Waals surface area contributed by atoms with E-state index < -0.39 is 6.04 Å². The van der Waals surface area contributed by atoms with Crippen molar-refractivity contribution in [2.24, 2.45) is 0 Å². The summed E-state index contributed by atoms with van der Waals surface area (Å²) in [5.74, 6) is 0.737. The van der Waals surface area contributed by atoms with Gasteiger partial charge in [-0.2, -0.15) is 0 Å². The number of carbonyl (C=O) groups is 2. The molecule has 0 spiro atoms. The van der Waals surface area contributed by atoms with Crippen molar-refractivity contribution in [3.05, 3.63) is 53.4 Å². The quantitative estimate of drug-likeness (QED) is 0.838. The summed E-state index contributed by atoms with van der Waals surface area (Å²) in [6.45, 7) is 6.62. The van der Waals surface area contributed by atoms with Crippen LogP contribution >= 0.6 is 0 Å². The maximum atomic E-state index is 12.7. The van der Waals surface area contributed by atoms with Crippen molar-refractivity contribution in [2.75, 3.05) is 6.54 Å². The first-order valence-corrected chi connectivity index (χ1v) is 8.53. The van der Waals surface area contributed by atoms with Gasteiger partial charge in [-0.3, -0.25) is 9.59 Å². The van der Waals surface area contributed by atoms with E-state index in [9.17, 15) is 9.59 Å². The second kappa shape index (κ2) is 7.09. The Labute approximate surface area is 147 Å². The van der Waals surface area contributed by atoms with Crippen LogP contribution in [-0.4, -0.2) is 39.4 Å². The van der Waals surface area contributed by atoms with Gasteiger partial charge in [0, 0.05) is 12.6 Å². The highest BCUT2D eigenvalue weighted by atomic mass is 16.5. The van der Waals surface area contributed by atoms with E-state index in [4.69, 9.17) is 4.52 Å². The molecular weight excluding hydrogens is 318 g/mol. The topological polar surface area (TPSA) is 66.7 Å². The molecule has 1 aliphatic heterocycles. The number of hydrogen-bond acceptors (Lipinski definition) is 4. The Morgan fingerprint density at radius 3 is 2.56 bits per heavy atom. The van der Waals surface area contributed by atoms with Gasteiger partial charge >= 0.3 is 0 Å². The van der Waals surface area contributed by atoms with Crippen molar-refractivity contribution in [2.45, 2.75) is 45.8 Å². The molecule has 0 saturated carbocycles. The summed E-state index contributed by atoms with van der Waals surface area (Å²) < 4.78 is 5.31. The van der Waals surface area contributed by atoms with Gasteiger partial charge < -0.3 is 14.3 Å². The van der Waals surface area contributed by atoms with E-state index in [1.807, 2.05) is 50.2 Å². The molecule has 0 unspecified atom stereocenters. The average molecular weight is 341 g/mol. The number of aromatic nitrogens is 1. The van der Waals surface area contributed by atoms with Gasteiger partial charge in [-0.05, 0) is 18.4 Å². The van der Waals surface area contributed by atoms with Crippen LogP contribution in [0.5, 0.6) is 0 Å². The zero-order valence-corrected chi connectivity index (χ0v) is 14.8. The van der Waals surface area contributed by atoms with Crippen LogP contribution < -0.4 is 0 Å². The Hall–Kier alpha value is -2.63. The summed E-state index contributed by atoms with van der Waals surface area (Å²) in [6.07, 6.45) is 0. The maximum Gasteiger partial charge on any atom is 0.245 e. The molecule has 1 fully saturated rings. The molecule has 1 atom stereocenters. The third-order valence-electron chi connectivity index (χ3n) is 4.49. The molecule has 0 bridgehead atoms. The summed E-state index contributed by atoms with van der Waals surface area (Å²) >= 11 is 0. The molecule has 2 heterocycles. The predicted octanol–water partition coefficient (Wildman–Crippen LogP) is 2.56. The van der Waals surface area contributed by atoms with Gasteiger partial charge in [0.15, 0.2) is 5.76 Å². The van der Waals surface area contributed by atoms with Crippen molar-refractivity contribution in [1.29, 1.82) is 0 Å². The molecule has 132 valence electrons. The highest BCUT2D eigenvalue weighted by Crippen LogP contribution is 2.20. The summed E-state index contributed by atoms with van der Waals surface area (Å²) in [5, 5.41) is 4.01. The Bertz CT molecular complexity index is 754. The molecule has 1 saturated heterocycles. The molecule has 3 rings (SSSR count). The van der Waals surface area contributed by atoms with Crippen molar-refractivity contribution >= 4 is 11.8 Å². The Morgan fingerprint density at radius 2 is 1.92 bits per heavy atom. The SMILES string of the molecule is CC(C)c1cc(CN2C(=O)CN(Cc3ccccc3)C(=O)[C@H]2C)on1. The Kier molecular flexibility index (Phi) is 4.88. The Balaban J connectivity index is 1.69. The van der Waals surface area contributed by atoms with Crippen LogP contribution in [-0.2, 0) is 22.7 Å². The molecule has 2 aromatic rings. The normalized spacial score (nSPS) is 18.3. The highest BCUT2D eigenvalue weighted by molar-refractivity contribution is 5.94. The number of benzene rings is 1. The number of carbonyl (C=O) groups excluding carboxylic acids is 2. The van der Waals surface area contributed by atoms with Gasteiger partial charge in [-0.15, -0.1) is 0 Å². The van der Waals surface area contributed by atoms with Crippen LogP contribution in [0.25, 0.3) is 0 Å². The van der Waals surface area contributed by atoms with E-state index in [-0.39, 0.29) is 30.8 Å². The summed E-state index contributed by atoms with van der Waals surface area (Å²) in [7, 11) is 0. The average Bonchev–Trinajstić information content (AvgIpc) is 3.06. The van der Waals surface area contributed by atoms with E-state index in [0.29, 0.717) is 12.3 Å². The first kappa shape index (κ1) is 17.2. The van der Waals surface area contributed by atoms with E-state index in [1.54, 1.807) is 16.7 Å². The summed E-state index contributed by atoms with van der Waals surface area (Å²) in [4.78, 5) is 28.4. The standard InChI is InChI=1S/C19H23N3O3/c1-13(2)17-9-16(25-20-17)11-22-14(3)19(24)21(12-18(22)23)10-15-7-5-4-6-8-15/h4-9,13-14H,10-12H2,1-3H3/t14-/m1/s1. The van der Waals surface area contributed by atoms with E-state index >= 15 is 0 Å². The van der Waals surface area contributed by atoms with Gasteiger partial charge in [0.05, 0.1) is 12.2 Å². The smallest absolute Gasteiger partial charge is 0.245 e. The van der Waals surface area contributed by atoms with Crippen molar-refractivity contribution in [3.8, 4) is 0 Å². The predicted molar refractivity (Wildman–Crippen MR) is 92.5 cm³/mol. The highest BCUT2D eigenvalue weighted by Gasteiger charge is 2.36. The number of rotatable bonds is 5. The number of piperazine rings is 1. The van der Waals surface area contributed by atoms with Crippen LogP contribution in [0.3, 0.4) is 0 Å². The van der Waals surface area contributed by atoms with Crippen LogP contribution in [0.4, 0.5) is 0 Å². The van der Waals surface area contributed by atoms with Gasteiger partial charge in [0.2, 0.25) is 11.8 Å². The van der Waals surface area contributed by atoms with Gasteiger partial charge in [-0.1, -0.05) is 49.3 Å². The lowest BCUT2D eigenvalue weighted by molar-refractivity contribution is -0.156. The molecule has 1 aromatic heterocycles. The van der Waals surface area contributed by atoms with Crippen LogP contribution in [0, 0.1) is 0 Å². The molecule has 2 amide bonds. The molecule has 1 aliphatic rings. The van der Waals surface area contributed by atoms with Crippen molar-refractivity contribution < 1.29 is 14.1 Å². The zero-order valence-electron chi connectivity index (χ0n) is 14.8. The lowest BCUT2D eigenvalue weighted by Gasteiger charge is -2.38. The van der Waals surface area contributed by atoms with Crippen molar-refractivity contribution in [1.82, 2.24) is 15.0 Å². The fourth-order valence-electron chi connectivity index (χ4n) is 2.95. The lowest BCUT2D eigenvalue weighted by atomic mass is 10.1. The molecular formula is C19H23N3O3. The minimum absolute atomic E-state index is 0.0490. The van der Waals surface area contributed by atoms with Crippen LogP contribution in [0.15, 0.2) is 40.9 Å². The van der Waals surface area contributed by atoms with E-state index in [0.717, 1.165) is 11.3 Å². The maximum absolute atomic E-state index is 12.7. The number of amides is 2. The van der Waals surface area contributed by atoms with E-state index in [2.05, 4.69) is 5.16 Å². The van der Waals surface area contributed by atoms with Crippen LogP contribution in [0.2, 0.25) is 0 Å². The molecule has 0 N–H and O–H groups in total. The molecule has 6 nitrogen and oxygen atoms in total. The number of hydrogen-bond donors (Lipinski definition) is 0. The monoisotopic (exact) mass is 341 g/mol. The summed E-state index contributed by atoms with van der Waals surface area (Å²) in [6, 6.07) is 11.0. The van der Waals surface area contributed by atoms with Crippen molar-refractivity contribution in [3.63, 3.8) is 0 Å². The second-order valence-electron chi connectivity index (χ2n) is 6.75. The first-order valence-electron chi connectivity index (χ1n) is 8.53. The Morgan fingerprint density at radius 1 is 1.20 bits per heavy atom. The molecule has 6 heteroatoms. The second-order valence-corrected chi connectivity index (χ2v) is 6.75.